The van der Waals surface area contributed by atoms with E-state index in [0.717, 1.165) is 5.56 Å². The van der Waals surface area contributed by atoms with E-state index in [2.05, 4.69) is 25.8 Å². The number of aliphatic hydroxyl groups is 2. The number of aliphatic hydroxyl groups excluding tert-OH is 2. The Morgan fingerprint density at radius 2 is 1.41 bits per heavy atom. The van der Waals surface area contributed by atoms with Gasteiger partial charge in [0.2, 0.25) is 0 Å². The molecule has 2 rings (SSSR count). The maximum absolute atomic E-state index is 10.4. The van der Waals surface area contributed by atoms with Crippen molar-refractivity contribution in [1.29, 1.82) is 0 Å². The van der Waals surface area contributed by atoms with E-state index in [1.807, 2.05) is 12.1 Å². The van der Waals surface area contributed by atoms with E-state index in [9.17, 15) is 10.2 Å². The number of aromatic nitrogens is 1. The molecule has 0 saturated heterocycles. The fraction of sp³-hybridized carbons (Fsp3) is 0.353. The van der Waals surface area contributed by atoms with Crippen LogP contribution in [0.25, 0.3) is 0 Å². The minimum absolute atomic E-state index is 0.0276. The molecule has 0 saturated carbocycles. The van der Waals surface area contributed by atoms with E-state index in [1.54, 1.807) is 12.1 Å². The van der Waals surface area contributed by atoms with E-state index < -0.39 is 12.2 Å². The molecule has 2 atom stereocenters. The predicted molar refractivity (Wildman–Crippen MR) is 89.3 cm³/mol. The summed E-state index contributed by atoms with van der Waals surface area (Å²) >= 11 is 12.0. The Hall–Kier alpha value is -1.13. The summed E-state index contributed by atoms with van der Waals surface area (Å²) in [6.07, 6.45) is 0.443. The Morgan fingerprint density at radius 1 is 0.909 bits per heavy atom. The molecule has 0 aliphatic heterocycles. The third kappa shape index (κ3) is 3.61. The average molecular weight is 340 g/mol. The summed E-state index contributed by atoms with van der Waals surface area (Å²) in [4.78, 5) is 3.84. The van der Waals surface area contributed by atoms with Crippen LogP contribution >= 0.6 is 23.2 Å². The van der Waals surface area contributed by atoms with Crippen LogP contribution in [0.4, 0.5) is 0 Å². The van der Waals surface area contributed by atoms with Crippen molar-refractivity contribution < 1.29 is 10.2 Å². The SMILES string of the molecule is CC(C)(C)c1ccc(C(O)C(O)c2c(Cl)cncc2Cl)cc1. The number of hydrogen-bond acceptors (Lipinski definition) is 3. The molecule has 3 nitrogen and oxygen atoms in total. The van der Waals surface area contributed by atoms with Crippen molar-refractivity contribution in [3.8, 4) is 0 Å². The van der Waals surface area contributed by atoms with Crippen LogP contribution in [0.1, 0.15) is 49.7 Å². The van der Waals surface area contributed by atoms with Gasteiger partial charge in [-0.3, -0.25) is 4.98 Å². The summed E-state index contributed by atoms with van der Waals surface area (Å²) in [6.45, 7) is 6.34. The standard InChI is InChI=1S/C17H19Cl2NO2/c1-17(2,3)11-6-4-10(5-7-11)15(21)16(22)14-12(18)8-20-9-13(14)19/h4-9,15-16,21-22H,1-3H3. The first kappa shape index (κ1) is 17.2. The van der Waals surface area contributed by atoms with Gasteiger partial charge in [-0.2, -0.15) is 0 Å². The zero-order valence-corrected chi connectivity index (χ0v) is 14.2. The first-order valence-corrected chi connectivity index (χ1v) is 7.73. The normalized spacial score (nSPS) is 14.7. The fourth-order valence-electron chi connectivity index (χ4n) is 2.22. The van der Waals surface area contributed by atoms with E-state index in [1.165, 1.54) is 12.4 Å². The van der Waals surface area contributed by atoms with Gasteiger partial charge >= 0.3 is 0 Å². The molecule has 1 aromatic carbocycles. The molecule has 0 fully saturated rings. The molecule has 0 spiro atoms. The smallest absolute Gasteiger partial charge is 0.112 e. The second kappa shape index (κ2) is 6.55. The lowest BCUT2D eigenvalue weighted by molar-refractivity contribution is 0.0173. The van der Waals surface area contributed by atoms with Crippen LogP contribution in [0.2, 0.25) is 10.0 Å². The monoisotopic (exact) mass is 339 g/mol. The molecule has 0 aliphatic rings. The number of nitrogens with zero attached hydrogens (tertiary/aromatic N) is 1. The first-order chi connectivity index (χ1) is 10.2. The minimum atomic E-state index is -1.22. The van der Waals surface area contributed by atoms with Crippen LogP contribution in [-0.2, 0) is 5.41 Å². The summed E-state index contributed by atoms with van der Waals surface area (Å²) in [7, 11) is 0. The summed E-state index contributed by atoms with van der Waals surface area (Å²) in [6, 6.07) is 7.50. The highest BCUT2D eigenvalue weighted by molar-refractivity contribution is 6.35. The van der Waals surface area contributed by atoms with Gasteiger partial charge in [0.05, 0.1) is 10.0 Å². The lowest BCUT2D eigenvalue weighted by Crippen LogP contribution is -2.14. The third-order valence-electron chi connectivity index (χ3n) is 3.60. The molecule has 2 aromatic rings. The molecular formula is C17H19Cl2NO2. The highest BCUT2D eigenvalue weighted by Gasteiger charge is 2.25. The quantitative estimate of drug-likeness (QED) is 0.868. The van der Waals surface area contributed by atoms with Crippen LogP contribution in [0.15, 0.2) is 36.7 Å². The van der Waals surface area contributed by atoms with Crippen LogP contribution in [0.5, 0.6) is 0 Å². The van der Waals surface area contributed by atoms with Crippen molar-refractivity contribution in [3.05, 3.63) is 63.4 Å². The van der Waals surface area contributed by atoms with Gasteiger partial charge in [0, 0.05) is 18.0 Å². The van der Waals surface area contributed by atoms with E-state index >= 15 is 0 Å². The number of benzene rings is 1. The van der Waals surface area contributed by atoms with Gasteiger partial charge in [0.1, 0.15) is 12.2 Å². The predicted octanol–water partition coefficient (Wildman–Crippen LogP) is 4.45. The Balaban J connectivity index is 2.29. The molecule has 2 unspecified atom stereocenters. The second-order valence-electron chi connectivity index (χ2n) is 6.28. The van der Waals surface area contributed by atoms with E-state index in [0.29, 0.717) is 5.56 Å². The average Bonchev–Trinajstić information content (AvgIpc) is 2.45. The zero-order chi connectivity index (χ0) is 16.5. The molecule has 22 heavy (non-hydrogen) atoms. The summed E-state index contributed by atoms with van der Waals surface area (Å²) in [5, 5.41) is 21.2. The molecule has 0 aliphatic carbocycles. The summed E-state index contributed by atoms with van der Waals surface area (Å²) < 4.78 is 0. The molecule has 0 bridgehead atoms. The van der Waals surface area contributed by atoms with Crippen molar-refractivity contribution in [3.63, 3.8) is 0 Å². The Bertz CT molecular complexity index is 630. The van der Waals surface area contributed by atoms with Gasteiger partial charge < -0.3 is 10.2 Å². The zero-order valence-electron chi connectivity index (χ0n) is 12.7. The van der Waals surface area contributed by atoms with Crippen LogP contribution in [0.3, 0.4) is 0 Å². The van der Waals surface area contributed by atoms with E-state index in [4.69, 9.17) is 23.2 Å². The van der Waals surface area contributed by atoms with Gasteiger partial charge in [-0.05, 0) is 16.5 Å². The van der Waals surface area contributed by atoms with Crippen molar-refractivity contribution in [2.24, 2.45) is 0 Å². The molecule has 0 radical (unpaired) electrons. The second-order valence-corrected chi connectivity index (χ2v) is 7.09. The van der Waals surface area contributed by atoms with Crippen molar-refractivity contribution in [2.45, 2.75) is 38.4 Å². The molecule has 1 heterocycles. The summed E-state index contributed by atoms with van der Waals surface area (Å²) in [5.41, 5.74) is 2.06. The maximum atomic E-state index is 10.4. The molecule has 5 heteroatoms. The van der Waals surface area contributed by atoms with Crippen molar-refractivity contribution >= 4 is 23.2 Å². The number of hydrogen-bond donors (Lipinski definition) is 2. The topological polar surface area (TPSA) is 53.4 Å². The highest BCUT2D eigenvalue weighted by atomic mass is 35.5. The molecule has 2 N–H and O–H groups in total. The van der Waals surface area contributed by atoms with Gasteiger partial charge in [-0.1, -0.05) is 68.2 Å². The molecule has 118 valence electrons. The lowest BCUT2D eigenvalue weighted by atomic mass is 9.86. The fourth-order valence-corrected chi connectivity index (χ4v) is 2.81. The maximum Gasteiger partial charge on any atom is 0.112 e. The number of rotatable bonds is 3. The number of pyridine rings is 1. The van der Waals surface area contributed by atoms with Gasteiger partial charge in [-0.25, -0.2) is 0 Å². The van der Waals surface area contributed by atoms with Gasteiger partial charge in [0.25, 0.3) is 0 Å². The van der Waals surface area contributed by atoms with Crippen LogP contribution in [0, 0.1) is 0 Å². The highest BCUT2D eigenvalue weighted by Crippen LogP contribution is 2.37. The lowest BCUT2D eigenvalue weighted by Gasteiger charge is -2.23. The van der Waals surface area contributed by atoms with Crippen LogP contribution in [-0.4, -0.2) is 15.2 Å². The van der Waals surface area contributed by atoms with Crippen molar-refractivity contribution in [1.82, 2.24) is 4.98 Å². The Morgan fingerprint density at radius 3 is 1.86 bits per heavy atom. The molecular weight excluding hydrogens is 321 g/mol. The minimum Gasteiger partial charge on any atom is -0.385 e. The van der Waals surface area contributed by atoms with Gasteiger partial charge in [-0.15, -0.1) is 0 Å². The molecule has 0 amide bonds. The van der Waals surface area contributed by atoms with E-state index in [-0.39, 0.29) is 21.0 Å². The molecule has 1 aromatic heterocycles. The summed E-state index contributed by atoms with van der Waals surface area (Å²) in [5.74, 6) is 0. The van der Waals surface area contributed by atoms with Gasteiger partial charge in [0.15, 0.2) is 0 Å². The third-order valence-corrected chi connectivity index (χ3v) is 4.21. The Labute approximate surface area is 140 Å². The van der Waals surface area contributed by atoms with Crippen LogP contribution < -0.4 is 0 Å². The Kier molecular flexibility index (Phi) is 5.13. The first-order valence-electron chi connectivity index (χ1n) is 6.97. The van der Waals surface area contributed by atoms with Crippen molar-refractivity contribution in [2.75, 3.05) is 0 Å². The largest absolute Gasteiger partial charge is 0.385 e. The number of halogens is 2.